The van der Waals surface area contributed by atoms with E-state index in [0.29, 0.717) is 48.3 Å². The summed E-state index contributed by atoms with van der Waals surface area (Å²) in [5, 5.41) is 117. The van der Waals surface area contributed by atoms with Gasteiger partial charge in [0.25, 0.3) is 5.91 Å². The molecular formula is C78H126N14O25. The Morgan fingerprint density at radius 1 is 0.556 bits per heavy atom. The zero-order chi connectivity index (χ0) is 87.1. The molecule has 0 saturated carbocycles. The predicted octanol–water partition coefficient (Wildman–Crippen LogP) is -3.92. The van der Waals surface area contributed by atoms with E-state index in [4.69, 9.17) is 18.9 Å². The number of carbonyl (C=O) groups excluding carboxylic acids is 11. The van der Waals surface area contributed by atoms with Gasteiger partial charge in [-0.05, 0) is 124 Å². The number of carbonyl (C=O) groups is 11. The van der Waals surface area contributed by atoms with E-state index in [0.717, 1.165) is 11.0 Å². The van der Waals surface area contributed by atoms with Gasteiger partial charge in [-0.3, -0.25) is 72.3 Å². The fraction of sp³-hybridized carbons (Fsp3) is 0.692. The van der Waals surface area contributed by atoms with Crippen molar-refractivity contribution in [3.8, 4) is 0 Å². The molecule has 11 atom stereocenters. The number of hydrogen-bond donors (Lipinski definition) is 17. The Kier molecular flexibility index (Phi) is 40.4. The summed E-state index contributed by atoms with van der Waals surface area (Å²) in [4.78, 5) is 170. The number of nitrogens with one attached hydrogen (secondary N) is 7. The summed E-state index contributed by atoms with van der Waals surface area (Å²) in [6.45, 7) is 12.7. The molecule has 0 aliphatic carbocycles. The zero-order valence-electron chi connectivity index (χ0n) is 69.1. The van der Waals surface area contributed by atoms with Crippen molar-refractivity contribution in [1.29, 1.82) is 0 Å². The number of nitrogens with zero attached hydrogens (tertiary/aromatic N) is 7. The average Bonchev–Trinajstić information content (AvgIpc) is 1.70. The summed E-state index contributed by atoms with van der Waals surface area (Å²) in [7, 11) is 2.85. The molecule has 7 amide bonds. The van der Waals surface area contributed by atoms with Crippen molar-refractivity contribution < 1.29 is 123 Å². The van der Waals surface area contributed by atoms with Crippen LogP contribution in [0.1, 0.15) is 142 Å². The maximum atomic E-state index is 14.9. The normalized spacial score (nSPS) is 17.8. The molecule has 0 bridgehead atoms. The molecule has 1 saturated heterocycles. The van der Waals surface area contributed by atoms with E-state index in [1.165, 1.54) is 12.0 Å². The quantitative estimate of drug-likeness (QED) is 0.0146. The van der Waals surface area contributed by atoms with Gasteiger partial charge in [-0.1, -0.05) is 25.0 Å². The van der Waals surface area contributed by atoms with E-state index >= 15 is 0 Å². The van der Waals surface area contributed by atoms with Gasteiger partial charge in [-0.2, -0.15) is 0 Å². The molecule has 1 fully saturated rings. The van der Waals surface area contributed by atoms with Crippen molar-refractivity contribution in [2.75, 3.05) is 137 Å². The highest BCUT2D eigenvalue weighted by Gasteiger charge is 2.37. The van der Waals surface area contributed by atoms with Gasteiger partial charge in [-0.25, -0.2) is 4.98 Å². The molecule has 1 aromatic heterocycles. The number of para-hydroxylation sites is 2. The molecule has 3 aromatic rings. The Bertz CT molecular complexity index is 3640. The van der Waals surface area contributed by atoms with Crippen LogP contribution < -0.4 is 31.9 Å². The van der Waals surface area contributed by atoms with Gasteiger partial charge >= 0.3 is 23.9 Å². The van der Waals surface area contributed by atoms with Crippen LogP contribution in [-0.2, 0) is 80.0 Å². The highest BCUT2D eigenvalue weighted by Crippen LogP contribution is 2.28. The zero-order valence-corrected chi connectivity index (χ0v) is 69.1. The van der Waals surface area contributed by atoms with Gasteiger partial charge in [0, 0.05) is 116 Å². The van der Waals surface area contributed by atoms with E-state index < -0.39 is 202 Å². The average molecular weight is 1660 g/mol. The molecule has 2 aliphatic rings. The number of rotatable bonds is 42. The number of imidazole rings is 1. The Morgan fingerprint density at radius 3 is 1.47 bits per heavy atom. The predicted molar refractivity (Wildman–Crippen MR) is 423 cm³/mol. The lowest BCUT2D eigenvalue weighted by Gasteiger charge is -2.34. The molecule has 17 N–H and O–H groups in total. The highest BCUT2D eigenvalue weighted by atomic mass is 16.6. The highest BCUT2D eigenvalue weighted by molar-refractivity contribution is 5.96. The number of aromatic amines is 1. The first-order valence-electron chi connectivity index (χ1n) is 39.5. The van der Waals surface area contributed by atoms with E-state index in [1.54, 1.807) is 107 Å². The smallest absolute Gasteiger partial charge is 0.320 e. The van der Waals surface area contributed by atoms with Gasteiger partial charge in [-0.15, -0.1) is 0 Å². The first kappa shape index (κ1) is 98.9. The maximum absolute atomic E-state index is 14.9. The van der Waals surface area contributed by atoms with Crippen molar-refractivity contribution in [3.63, 3.8) is 0 Å². The molecule has 3 heterocycles. The van der Waals surface area contributed by atoms with Crippen LogP contribution in [-0.4, -0.2) is 372 Å². The third kappa shape index (κ3) is 35.8. The number of esters is 4. The number of amides is 7. The summed E-state index contributed by atoms with van der Waals surface area (Å²) in [6, 6.07) is 8.15. The third-order valence-corrected chi connectivity index (χ3v) is 19.0. The largest absolute Gasteiger partial charge is 0.469 e. The second-order valence-electron chi connectivity index (χ2n) is 32.5. The van der Waals surface area contributed by atoms with Crippen LogP contribution in [0, 0.1) is 0 Å². The third-order valence-electron chi connectivity index (χ3n) is 19.0. The summed E-state index contributed by atoms with van der Waals surface area (Å²) >= 11 is 0. The van der Waals surface area contributed by atoms with Crippen molar-refractivity contribution in [3.05, 3.63) is 59.4 Å². The number of unbranched alkanes of at least 4 members (excludes halogenated alkanes) is 3. The van der Waals surface area contributed by atoms with Crippen molar-refractivity contribution in [2.45, 2.75) is 217 Å². The van der Waals surface area contributed by atoms with Crippen LogP contribution in [0.15, 0.2) is 42.5 Å². The minimum atomic E-state index is -2.07. The van der Waals surface area contributed by atoms with Crippen LogP contribution in [0.3, 0.4) is 0 Å². The lowest BCUT2D eigenvalue weighted by molar-refractivity contribution is -0.158. The first-order chi connectivity index (χ1) is 54.9. The number of methoxy groups -OCH3 is 1. The Hall–Kier alpha value is -8.68. The standard InChI is InChI=1S/C78H126N14O25/c1-76(2,3)115-65(103)43-89-30-28-88(29-31-90(44-66(104)116-77(4,5)6)33-35-91(34-32-89)45-67(105)117-78(7,8)9)42-63(101)85-54(23-25-62(100)81-39-57(96)69(107)71(109)59(98)47-94)73(111)86-53(22-24-61(99)80-38-56(95)68(106)70(108)58(97)46-93)72(110)79-26-16-12-13-17-27-92-40-49-36-48(20-21-50(49)82-55(75(92)113)37-64(102)114-11)74(112)87(10)41-60-83-51-18-14-15-19-52(51)84-60/h14-15,18-21,36,53-59,68-71,82,93-98,106-109H,12-13,16-17,22-35,37-47H2,1-11H3,(H,79,110)(H,80,99)(H,81,100)(H,83,84)(H,85,101)(H,86,111)/t53-,54-,55?,56+,57+,58-,59-,68-,69-,70+,71+/m0/s1. The molecule has 658 valence electrons. The van der Waals surface area contributed by atoms with Gasteiger partial charge in [0.05, 0.1) is 82.7 Å². The molecule has 117 heavy (non-hydrogen) atoms. The number of ether oxygens (including phenoxy) is 4. The fourth-order valence-electron chi connectivity index (χ4n) is 12.7. The summed E-state index contributed by atoms with van der Waals surface area (Å²) in [5.74, 6) is -6.86. The van der Waals surface area contributed by atoms with Crippen LogP contribution in [0.2, 0.25) is 0 Å². The van der Waals surface area contributed by atoms with Gasteiger partial charge < -0.3 is 117 Å². The van der Waals surface area contributed by atoms with Crippen LogP contribution in [0.4, 0.5) is 5.69 Å². The van der Waals surface area contributed by atoms with E-state index in [9.17, 15) is 104 Å². The number of anilines is 1. The van der Waals surface area contributed by atoms with Crippen LogP contribution >= 0.6 is 0 Å². The second kappa shape index (κ2) is 47.8. The fourth-order valence-corrected chi connectivity index (χ4v) is 12.7. The maximum Gasteiger partial charge on any atom is 0.320 e. The summed E-state index contributed by atoms with van der Waals surface area (Å²) in [6.07, 6.45) is -16.5. The van der Waals surface area contributed by atoms with Crippen molar-refractivity contribution in [2.24, 2.45) is 0 Å². The van der Waals surface area contributed by atoms with Gasteiger partial charge in [0.1, 0.15) is 77.4 Å². The topological polar surface area (TPSA) is 547 Å². The lowest BCUT2D eigenvalue weighted by Crippen LogP contribution is -2.56. The minimum Gasteiger partial charge on any atom is -0.469 e. The first-order valence-corrected chi connectivity index (χ1v) is 39.5. The summed E-state index contributed by atoms with van der Waals surface area (Å²) in [5.41, 5.74) is 0.517. The van der Waals surface area contributed by atoms with E-state index in [-0.39, 0.29) is 110 Å². The molecule has 2 aliphatic heterocycles. The second-order valence-corrected chi connectivity index (χ2v) is 32.5. The molecule has 0 radical (unpaired) electrons. The molecule has 5 rings (SSSR count). The van der Waals surface area contributed by atoms with Crippen molar-refractivity contribution >= 4 is 81.9 Å². The number of fused-ring (bicyclic) bond motifs is 2. The lowest BCUT2D eigenvalue weighted by atomic mass is 10.0. The van der Waals surface area contributed by atoms with Crippen LogP contribution in [0.5, 0.6) is 0 Å². The Morgan fingerprint density at radius 2 is 1.01 bits per heavy atom. The van der Waals surface area contributed by atoms with Gasteiger partial charge in [0.2, 0.25) is 35.4 Å². The SMILES string of the molecule is COC(=O)CC1Nc2ccc(C(=O)N(C)Cc3nc4ccccc4[nH]3)cc2CN(CCCCCCNC(=O)[C@H](CCC(=O)NC[C@@H](O)[C@H](O)[C@H](O)[C@@H](O)CO)NC(=O)[C@H](CCC(=O)NC[C@@H](O)[C@H](O)[C@H](O)[C@@H](O)CO)NC(=O)CN2CCN(CC(=O)OC(C)(C)C)CCN(CC(=O)OC(C)(C)C)CCN(CC(=O)OC(C)(C)C)CC2)C1=O. The molecule has 0 spiro atoms. The number of aliphatic hydroxyl groups is 10. The number of aromatic nitrogens is 2. The monoisotopic (exact) mass is 1660 g/mol. The van der Waals surface area contributed by atoms with Gasteiger partial charge in [0.15, 0.2) is 0 Å². The number of hydrogen-bond acceptors (Lipinski definition) is 31. The van der Waals surface area contributed by atoms with Crippen LogP contribution in [0.25, 0.3) is 11.0 Å². The Labute approximate surface area is 681 Å². The molecule has 39 nitrogen and oxygen atoms in total. The molecule has 39 heteroatoms. The molecule has 2 aromatic carbocycles. The number of aliphatic hydroxyl groups excluding tert-OH is 10. The minimum absolute atomic E-state index is 0.0202. The molecule has 1 unspecified atom stereocenters. The number of H-pyrrole nitrogens is 1. The summed E-state index contributed by atoms with van der Waals surface area (Å²) < 4.78 is 22.0. The van der Waals surface area contributed by atoms with E-state index in [2.05, 4.69) is 41.9 Å². The molecular weight excluding hydrogens is 1530 g/mol. The van der Waals surface area contributed by atoms with E-state index in [1.807, 2.05) is 29.2 Å². The van der Waals surface area contributed by atoms with Crippen molar-refractivity contribution in [1.82, 2.24) is 66.0 Å². The number of benzene rings is 2. The Balaban J connectivity index is 1.39.